The minimum absolute atomic E-state index is 0.0486. The van der Waals surface area contributed by atoms with E-state index in [1.807, 2.05) is 49.1 Å². The summed E-state index contributed by atoms with van der Waals surface area (Å²) in [5.41, 5.74) is 1.39. The number of hydrogen-bond acceptors (Lipinski definition) is 5. The van der Waals surface area contributed by atoms with E-state index in [4.69, 9.17) is 9.47 Å². The molecule has 2 aliphatic heterocycles. The Bertz CT molecular complexity index is 989. The quantitative estimate of drug-likeness (QED) is 0.760. The summed E-state index contributed by atoms with van der Waals surface area (Å²) in [4.78, 5) is 31.0. The summed E-state index contributed by atoms with van der Waals surface area (Å²) in [7, 11) is 3.29. The van der Waals surface area contributed by atoms with Crippen LogP contribution in [0.3, 0.4) is 0 Å². The number of carbonyl (C=O) groups excluding carboxylic acids is 2. The van der Waals surface area contributed by atoms with Gasteiger partial charge in [0.25, 0.3) is 5.91 Å². The summed E-state index contributed by atoms with van der Waals surface area (Å²) in [5.74, 6) is 1.54. The van der Waals surface area contributed by atoms with Gasteiger partial charge in [0.05, 0.1) is 31.2 Å². The third-order valence-electron chi connectivity index (χ3n) is 6.50. The lowest BCUT2D eigenvalue weighted by Crippen LogP contribution is -2.49. The molecule has 0 radical (unpaired) electrons. The van der Waals surface area contributed by atoms with Crippen LogP contribution in [0, 0.1) is 5.41 Å². The first kappa shape index (κ1) is 20.4. The maximum atomic E-state index is 13.6. The van der Waals surface area contributed by atoms with Crippen LogP contribution in [0.25, 0.3) is 0 Å². The molecule has 6 nitrogen and oxygen atoms in total. The standard InChI is InChI=1S/C24H28N2O4/c1-5-26-21-14-25(13-16-12-17(29-3)10-11-20(16)30-4)15-24(21,2)22(27)18-8-6-7-9-19(18)23(26)28/h6-12,21H,5,13-15H2,1-4H3/t21-,24+/m1/s1. The first-order valence-corrected chi connectivity index (χ1v) is 10.3. The van der Waals surface area contributed by atoms with Crippen LogP contribution in [0.2, 0.25) is 0 Å². The van der Waals surface area contributed by atoms with E-state index in [0.29, 0.717) is 37.3 Å². The monoisotopic (exact) mass is 408 g/mol. The van der Waals surface area contributed by atoms with Crippen LogP contribution in [0.5, 0.6) is 11.5 Å². The van der Waals surface area contributed by atoms with Crippen LogP contribution in [0.15, 0.2) is 42.5 Å². The number of likely N-dealkylation sites (tertiary alicyclic amines) is 1. The first-order valence-electron chi connectivity index (χ1n) is 10.3. The highest BCUT2D eigenvalue weighted by Gasteiger charge is 2.54. The number of amides is 1. The number of ketones is 1. The lowest BCUT2D eigenvalue weighted by atomic mass is 9.78. The van der Waals surface area contributed by atoms with E-state index < -0.39 is 5.41 Å². The molecule has 0 spiro atoms. The highest BCUT2D eigenvalue weighted by molar-refractivity contribution is 6.12. The van der Waals surface area contributed by atoms with E-state index in [-0.39, 0.29) is 17.7 Å². The molecular formula is C24H28N2O4. The summed E-state index contributed by atoms with van der Waals surface area (Å²) in [6, 6.07) is 12.8. The van der Waals surface area contributed by atoms with Crippen molar-refractivity contribution in [1.29, 1.82) is 0 Å². The number of nitrogens with zero attached hydrogens (tertiary/aromatic N) is 2. The van der Waals surface area contributed by atoms with E-state index in [0.717, 1.165) is 17.1 Å². The van der Waals surface area contributed by atoms with E-state index in [1.165, 1.54) is 0 Å². The van der Waals surface area contributed by atoms with Crippen molar-refractivity contribution < 1.29 is 19.1 Å². The number of fused-ring (bicyclic) bond motifs is 2. The maximum absolute atomic E-state index is 13.6. The predicted octanol–water partition coefficient (Wildman–Crippen LogP) is 3.25. The molecule has 2 aromatic rings. The summed E-state index contributed by atoms with van der Waals surface area (Å²) in [6.45, 7) is 6.38. The van der Waals surface area contributed by atoms with Crippen molar-refractivity contribution in [2.45, 2.75) is 26.4 Å². The number of benzene rings is 2. The average Bonchev–Trinajstić information content (AvgIpc) is 3.07. The summed E-state index contributed by atoms with van der Waals surface area (Å²) >= 11 is 0. The van der Waals surface area contributed by atoms with Gasteiger partial charge in [-0.25, -0.2) is 0 Å². The van der Waals surface area contributed by atoms with Gasteiger partial charge in [-0.15, -0.1) is 0 Å². The fraction of sp³-hybridized carbons (Fsp3) is 0.417. The van der Waals surface area contributed by atoms with Crippen LogP contribution in [-0.4, -0.2) is 61.4 Å². The Labute approximate surface area is 177 Å². The number of Topliss-reactive ketones (excluding diaryl/α,β-unsaturated/α-hetero) is 1. The zero-order valence-corrected chi connectivity index (χ0v) is 18.0. The van der Waals surface area contributed by atoms with Crippen molar-refractivity contribution in [2.24, 2.45) is 5.41 Å². The van der Waals surface area contributed by atoms with Gasteiger partial charge in [0.15, 0.2) is 5.78 Å². The molecular weight excluding hydrogens is 380 g/mol. The van der Waals surface area contributed by atoms with Gasteiger partial charge >= 0.3 is 0 Å². The van der Waals surface area contributed by atoms with Crippen LogP contribution >= 0.6 is 0 Å². The van der Waals surface area contributed by atoms with Crippen LogP contribution in [0.1, 0.15) is 40.1 Å². The Morgan fingerprint density at radius 1 is 1.07 bits per heavy atom. The van der Waals surface area contributed by atoms with Crippen molar-refractivity contribution >= 4 is 11.7 Å². The fourth-order valence-corrected chi connectivity index (χ4v) is 4.95. The largest absolute Gasteiger partial charge is 0.497 e. The molecule has 0 bridgehead atoms. The molecule has 1 fully saturated rings. The molecule has 0 saturated carbocycles. The van der Waals surface area contributed by atoms with Crippen LogP contribution < -0.4 is 9.47 Å². The van der Waals surface area contributed by atoms with Crippen molar-refractivity contribution in [1.82, 2.24) is 9.80 Å². The Balaban J connectivity index is 1.70. The second kappa shape index (κ2) is 7.76. The SMILES string of the molecule is CCN1C(=O)c2ccccc2C(=O)[C@@]2(C)CN(Cc3cc(OC)ccc3OC)C[C@@H]12. The summed E-state index contributed by atoms with van der Waals surface area (Å²) < 4.78 is 10.9. The third-order valence-corrected chi connectivity index (χ3v) is 6.50. The number of hydrogen-bond donors (Lipinski definition) is 0. The smallest absolute Gasteiger partial charge is 0.254 e. The number of rotatable bonds is 5. The molecule has 1 amide bonds. The topological polar surface area (TPSA) is 59.1 Å². The Hall–Kier alpha value is -2.86. The number of methoxy groups -OCH3 is 2. The minimum atomic E-state index is -0.662. The molecule has 2 aliphatic rings. The fourth-order valence-electron chi connectivity index (χ4n) is 4.95. The minimum Gasteiger partial charge on any atom is -0.497 e. The van der Waals surface area contributed by atoms with E-state index in [1.54, 1.807) is 26.4 Å². The van der Waals surface area contributed by atoms with Crippen molar-refractivity contribution in [3.8, 4) is 11.5 Å². The highest BCUT2D eigenvalue weighted by atomic mass is 16.5. The van der Waals surface area contributed by atoms with Gasteiger partial charge in [-0.1, -0.05) is 18.2 Å². The van der Waals surface area contributed by atoms with Crippen molar-refractivity contribution in [3.05, 3.63) is 59.2 Å². The molecule has 4 rings (SSSR count). The Kier molecular flexibility index (Phi) is 5.28. The molecule has 0 aromatic heterocycles. The highest BCUT2D eigenvalue weighted by Crippen LogP contribution is 2.42. The molecule has 1 saturated heterocycles. The Morgan fingerprint density at radius 2 is 1.80 bits per heavy atom. The van der Waals surface area contributed by atoms with Gasteiger partial charge in [-0.2, -0.15) is 0 Å². The van der Waals surface area contributed by atoms with Crippen LogP contribution in [0.4, 0.5) is 0 Å². The van der Waals surface area contributed by atoms with E-state index in [2.05, 4.69) is 4.90 Å². The lowest BCUT2D eigenvalue weighted by molar-refractivity contribution is 0.0560. The molecule has 0 unspecified atom stereocenters. The second-order valence-electron chi connectivity index (χ2n) is 8.25. The number of ether oxygens (including phenoxy) is 2. The van der Waals surface area contributed by atoms with Crippen LogP contribution in [-0.2, 0) is 6.54 Å². The molecule has 0 aliphatic carbocycles. The molecule has 30 heavy (non-hydrogen) atoms. The summed E-state index contributed by atoms with van der Waals surface area (Å²) in [5, 5.41) is 0. The molecule has 2 heterocycles. The van der Waals surface area contributed by atoms with Gasteiger partial charge in [0.2, 0.25) is 0 Å². The van der Waals surface area contributed by atoms with E-state index in [9.17, 15) is 9.59 Å². The first-order chi connectivity index (χ1) is 14.4. The van der Waals surface area contributed by atoms with Gasteiger partial charge in [-0.05, 0) is 38.1 Å². The maximum Gasteiger partial charge on any atom is 0.254 e. The zero-order chi connectivity index (χ0) is 21.5. The summed E-state index contributed by atoms with van der Waals surface area (Å²) in [6.07, 6.45) is 0. The van der Waals surface area contributed by atoms with Gasteiger partial charge in [-0.3, -0.25) is 14.5 Å². The zero-order valence-electron chi connectivity index (χ0n) is 18.0. The molecule has 2 aromatic carbocycles. The van der Waals surface area contributed by atoms with Crippen molar-refractivity contribution in [2.75, 3.05) is 33.9 Å². The molecule has 6 heteroatoms. The molecule has 158 valence electrons. The average molecular weight is 408 g/mol. The lowest BCUT2D eigenvalue weighted by Gasteiger charge is -2.34. The van der Waals surface area contributed by atoms with Gasteiger partial charge in [0, 0.05) is 37.3 Å². The number of likely N-dealkylation sites (N-methyl/N-ethyl adjacent to an activating group) is 1. The normalized spacial score (nSPS) is 23.7. The predicted molar refractivity (Wildman–Crippen MR) is 114 cm³/mol. The van der Waals surface area contributed by atoms with Gasteiger partial charge < -0.3 is 14.4 Å². The van der Waals surface area contributed by atoms with E-state index >= 15 is 0 Å². The number of carbonyl (C=O) groups is 2. The third kappa shape index (κ3) is 3.16. The molecule has 0 N–H and O–H groups in total. The van der Waals surface area contributed by atoms with Gasteiger partial charge in [0.1, 0.15) is 11.5 Å². The molecule has 2 atom stereocenters. The Morgan fingerprint density at radius 3 is 2.47 bits per heavy atom. The van der Waals surface area contributed by atoms with Crippen molar-refractivity contribution in [3.63, 3.8) is 0 Å². The second-order valence-corrected chi connectivity index (χ2v) is 8.25.